The number of carbonyl (C=O) groups is 1. The Labute approximate surface area is 152 Å². The van der Waals surface area contributed by atoms with Gasteiger partial charge >= 0.3 is 5.97 Å². The highest BCUT2D eigenvalue weighted by atomic mass is 32.1. The van der Waals surface area contributed by atoms with Crippen molar-refractivity contribution < 1.29 is 28.5 Å². The van der Waals surface area contributed by atoms with Gasteiger partial charge in [-0.15, -0.1) is 0 Å². The molecule has 2 unspecified atom stereocenters. The molecule has 1 aliphatic rings. The summed E-state index contributed by atoms with van der Waals surface area (Å²) in [5, 5.41) is 19.0. The summed E-state index contributed by atoms with van der Waals surface area (Å²) in [6.07, 6.45) is -1.30. The van der Waals surface area contributed by atoms with Crippen LogP contribution in [0.15, 0.2) is 12.1 Å². The van der Waals surface area contributed by atoms with Crippen LogP contribution in [0.25, 0.3) is 0 Å². The first-order valence-corrected chi connectivity index (χ1v) is 8.29. The number of nitrogens with one attached hydrogen (secondary N) is 1. The maximum absolute atomic E-state index is 13.8. The quantitative estimate of drug-likeness (QED) is 0.582. The minimum Gasteiger partial charge on any atom is -0.488 e. The second-order valence-electron chi connectivity index (χ2n) is 5.98. The van der Waals surface area contributed by atoms with Gasteiger partial charge in [0.25, 0.3) is 0 Å². The van der Waals surface area contributed by atoms with Crippen molar-refractivity contribution in [2.45, 2.75) is 25.0 Å². The van der Waals surface area contributed by atoms with E-state index in [2.05, 4.69) is 4.98 Å². The molecule has 0 aliphatic carbocycles. The van der Waals surface area contributed by atoms with Crippen molar-refractivity contribution in [3.05, 3.63) is 45.5 Å². The minimum absolute atomic E-state index is 0.00382. The van der Waals surface area contributed by atoms with Gasteiger partial charge in [-0.3, -0.25) is 0 Å². The first kappa shape index (κ1) is 18.5. The molecule has 0 amide bonds. The van der Waals surface area contributed by atoms with Crippen LogP contribution in [0, 0.1) is 16.4 Å². The van der Waals surface area contributed by atoms with Crippen molar-refractivity contribution in [2.75, 3.05) is 13.2 Å². The van der Waals surface area contributed by atoms with Gasteiger partial charge in [0, 0.05) is 30.2 Å². The molecule has 1 aromatic heterocycles. The number of fused-ring (bicyclic) bond motifs is 1. The van der Waals surface area contributed by atoms with E-state index in [-0.39, 0.29) is 42.2 Å². The Morgan fingerprint density at radius 1 is 1.50 bits per heavy atom. The summed E-state index contributed by atoms with van der Waals surface area (Å²) in [7, 11) is 0. The zero-order valence-electron chi connectivity index (χ0n) is 13.5. The fourth-order valence-corrected chi connectivity index (χ4v) is 3.58. The Balaban J connectivity index is 2.04. The van der Waals surface area contributed by atoms with E-state index in [0.29, 0.717) is 11.3 Å². The molecule has 0 bridgehead atoms. The lowest BCUT2D eigenvalue weighted by Gasteiger charge is -2.28. The number of H-pyrrole nitrogens is 1. The van der Waals surface area contributed by atoms with Crippen molar-refractivity contribution >= 4 is 18.2 Å². The molecule has 0 spiro atoms. The number of hydrogen-bond acceptors (Lipinski definition) is 5. The average molecular weight is 385 g/mol. The molecule has 0 saturated carbocycles. The number of aliphatic carboxylic acids is 1. The van der Waals surface area contributed by atoms with Crippen LogP contribution in [-0.2, 0) is 17.6 Å². The fourth-order valence-electron chi connectivity index (χ4n) is 3.21. The summed E-state index contributed by atoms with van der Waals surface area (Å²) in [4.78, 5) is 13.8. The number of aliphatic hydroxyl groups is 1. The van der Waals surface area contributed by atoms with Gasteiger partial charge in [-0.2, -0.15) is 0 Å². The van der Waals surface area contributed by atoms with Crippen molar-refractivity contribution in [3.63, 3.8) is 0 Å². The lowest BCUT2D eigenvalue weighted by atomic mass is 10.0. The van der Waals surface area contributed by atoms with Gasteiger partial charge < -0.3 is 30.2 Å². The van der Waals surface area contributed by atoms with Crippen LogP contribution < -0.4 is 10.5 Å². The summed E-state index contributed by atoms with van der Waals surface area (Å²) < 4.78 is 34.6. The van der Waals surface area contributed by atoms with E-state index in [1.807, 2.05) is 0 Å². The molecule has 10 heteroatoms. The van der Waals surface area contributed by atoms with Gasteiger partial charge in [-0.25, -0.2) is 13.6 Å². The van der Waals surface area contributed by atoms with Crippen molar-refractivity contribution in [2.24, 2.45) is 5.73 Å². The molecule has 7 nitrogen and oxygen atoms in total. The van der Waals surface area contributed by atoms with Crippen LogP contribution in [0.4, 0.5) is 8.78 Å². The Kier molecular flexibility index (Phi) is 5.08. The number of hydrogen-bond donors (Lipinski definition) is 4. The number of benzene rings is 1. The highest BCUT2D eigenvalue weighted by Gasteiger charge is 2.30. The van der Waals surface area contributed by atoms with Crippen molar-refractivity contribution in [3.8, 4) is 5.75 Å². The number of nitrogens with two attached hydrogens (primary N) is 1. The number of rotatable bonds is 5. The number of aliphatic hydroxyl groups excluding tert-OH is 1. The number of nitrogens with zero attached hydrogens (tertiary/aromatic N) is 1. The number of aromatic nitrogens is 2. The number of halogens is 2. The molecule has 2 aromatic rings. The monoisotopic (exact) mass is 385 g/mol. The first-order valence-electron chi connectivity index (χ1n) is 7.88. The number of imidazole rings is 1. The predicted octanol–water partition coefficient (Wildman–Crippen LogP) is 1.62. The molecule has 5 N–H and O–H groups in total. The zero-order valence-corrected chi connectivity index (χ0v) is 14.4. The standard InChI is InChI=1S/C16H17F2N3O4S/c17-8-3-7-4-9(6-25-14(7)10(18)5-8)21-11(1-2-19)12(20-16(21)26)13(22)15(23)24/h3,5,9,13,22H,1-2,4,6,19H2,(H,20,26)(H,23,24). The van der Waals surface area contributed by atoms with E-state index in [9.17, 15) is 18.7 Å². The third-order valence-electron chi connectivity index (χ3n) is 4.28. The van der Waals surface area contributed by atoms with E-state index < -0.39 is 29.7 Å². The highest BCUT2D eigenvalue weighted by Crippen LogP contribution is 2.34. The van der Waals surface area contributed by atoms with Crippen LogP contribution in [0.3, 0.4) is 0 Å². The van der Waals surface area contributed by atoms with E-state index in [1.54, 1.807) is 4.57 Å². The lowest BCUT2D eigenvalue weighted by molar-refractivity contribution is -0.147. The summed E-state index contributed by atoms with van der Waals surface area (Å²) in [6.45, 7) is 0.251. The van der Waals surface area contributed by atoms with E-state index in [4.69, 9.17) is 27.8 Å². The smallest absolute Gasteiger partial charge is 0.338 e. The van der Waals surface area contributed by atoms with Gasteiger partial charge in [-0.05, 0) is 24.8 Å². The number of aromatic amines is 1. The first-order chi connectivity index (χ1) is 12.3. The molecular formula is C16H17F2N3O4S. The number of ether oxygens (including phenoxy) is 1. The molecule has 0 fully saturated rings. The van der Waals surface area contributed by atoms with Gasteiger partial charge in [0.1, 0.15) is 12.4 Å². The Hall–Kier alpha value is -2.30. The summed E-state index contributed by atoms with van der Waals surface area (Å²) >= 11 is 5.27. The van der Waals surface area contributed by atoms with Crippen LogP contribution in [0.1, 0.15) is 29.1 Å². The number of carboxylic acid groups (broad SMARTS) is 1. The Morgan fingerprint density at radius 3 is 2.88 bits per heavy atom. The average Bonchev–Trinajstić information content (AvgIpc) is 2.90. The predicted molar refractivity (Wildman–Crippen MR) is 89.6 cm³/mol. The molecule has 2 atom stereocenters. The third-order valence-corrected chi connectivity index (χ3v) is 4.58. The summed E-state index contributed by atoms with van der Waals surface area (Å²) in [6, 6.07) is 1.52. The molecule has 1 aliphatic heterocycles. The van der Waals surface area contributed by atoms with Crippen LogP contribution >= 0.6 is 12.2 Å². The molecule has 2 heterocycles. The van der Waals surface area contributed by atoms with Crippen molar-refractivity contribution in [1.29, 1.82) is 0 Å². The third kappa shape index (κ3) is 3.22. The normalized spacial score (nSPS) is 17.5. The fraction of sp³-hybridized carbons (Fsp3) is 0.375. The maximum Gasteiger partial charge on any atom is 0.338 e. The lowest BCUT2D eigenvalue weighted by Crippen LogP contribution is -2.27. The van der Waals surface area contributed by atoms with Crippen molar-refractivity contribution in [1.82, 2.24) is 9.55 Å². The Bertz CT molecular complexity index is 912. The molecule has 0 saturated heterocycles. The second kappa shape index (κ2) is 7.14. The Morgan fingerprint density at radius 2 is 2.23 bits per heavy atom. The highest BCUT2D eigenvalue weighted by molar-refractivity contribution is 7.71. The van der Waals surface area contributed by atoms with Gasteiger partial charge in [0.15, 0.2) is 22.4 Å². The van der Waals surface area contributed by atoms with E-state index in [0.717, 1.165) is 6.07 Å². The summed E-state index contributed by atoms with van der Waals surface area (Å²) in [5.74, 6) is -2.93. The van der Waals surface area contributed by atoms with E-state index >= 15 is 0 Å². The molecule has 26 heavy (non-hydrogen) atoms. The van der Waals surface area contributed by atoms with Crippen LogP contribution in [-0.4, -0.2) is 38.9 Å². The zero-order chi connectivity index (χ0) is 19.0. The topological polar surface area (TPSA) is 114 Å². The molecule has 140 valence electrons. The largest absolute Gasteiger partial charge is 0.488 e. The molecular weight excluding hydrogens is 368 g/mol. The minimum atomic E-state index is -1.79. The van der Waals surface area contributed by atoms with Crippen LogP contribution in [0.2, 0.25) is 0 Å². The molecule has 0 radical (unpaired) electrons. The molecule has 1 aromatic carbocycles. The van der Waals surface area contributed by atoms with E-state index in [1.165, 1.54) is 6.07 Å². The van der Waals surface area contributed by atoms with Crippen LogP contribution in [0.5, 0.6) is 5.75 Å². The molecule has 3 rings (SSSR count). The maximum atomic E-state index is 13.8. The summed E-state index contributed by atoms with van der Waals surface area (Å²) in [5.41, 5.74) is 6.43. The van der Waals surface area contributed by atoms with Gasteiger partial charge in [0.2, 0.25) is 0 Å². The number of carboxylic acids is 1. The second-order valence-corrected chi connectivity index (χ2v) is 6.37. The van der Waals surface area contributed by atoms with Gasteiger partial charge in [-0.1, -0.05) is 0 Å². The van der Waals surface area contributed by atoms with Gasteiger partial charge in [0.05, 0.1) is 11.7 Å². The SMILES string of the molecule is NCCc1c(C(O)C(=O)O)[nH]c(=S)n1C1COc2c(F)cc(F)cc2C1.